The van der Waals surface area contributed by atoms with E-state index in [1.807, 2.05) is 7.11 Å². The molecule has 0 heterocycles. The molecule has 0 aliphatic heterocycles. The van der Waals surface area contributed by atoms with Gasteiger partial charge in [0, 0.05) is 13.7 Å². The molecule has 0 aromatic heterocycles. The van der Waals surface area contributed by atoms with E-state index in [2.05, 4.69) is 0 Å². The Kier molecular flexibility index (Phi) is 1.94. The van der Waals surface area contributed by atoms with E-state index in [-0.39, 0.29) is 0 Å². The maximum atomic E-state index is 9.55. The van der Waals surface area contributed by atoms with Gasteiger partial charge >= 0.3 is 0 Å². The Hall–Kier alpha value is -0.0800. The van der Waals surface area contributed by atoms with Gasteiger partial charge in [-0.05, 0) is 55.3 Å². The quantitative estimate of drug-likeness (QED) is 0.730. The van der Waals surface area contributed by atoms with Crippen molar-refractivity contribution in [3.8, 4) is 0 Å². The topological polar surface area (TPSA) is 29.5 Å². The first kappa shape index (κ1) is 9.17. The molecular weight excluding hydrogens is 176 g/mol. The average molecular weight is 196 g/mol. The highest BCUT2D eigenvalue weighted by atomic mass is 16.5. The molecule has 0 radical (unpaired) electrons. The molecule has 2 unspecified atom stereocenters. The van der Waals surface area contributed by atoms with Crippen LogP contribution in [0.3, 0.4) is 0 Å². The molecule has 0 aromatic rings. The molecule has 2 heteroatoms. The van der Waals surface area contributed by atoms with E-state index in [1.54, 1.807) is 0 Å². The van der Waals surface area contributed by atoms with Crippen molar-refractivity contribution in [1.29, 1.82) is 0 Å². The Labute approximate surface area is 85.6 Å². The van der Waals surface area contributed by atoms with Crippen molar-refractivity contribution in [2.75, 3.05) is 13.7 Å². The minimum Gasteiger partial charge on any atom is -0.396 e. The van der Waals surface area contributed by atoms with Gasteiger partial charge in [0.1, 0.15) is 0 Å². The van der Waals surface area contributed by atoms with Crippen molar-refractivity contribution in [2.45, 2.75) is 38.2 Å². The molecule has 4 rings (SSSR count). The molecule has 4 fully saturated rings. The van der Waals surface area contributed by atoms with Crippen LogP contribution in [-0.2, 0) is 4.74 Å². The van der Waals surface area contributed by atoms with Gasteiger partial charge in [-0.3, -0.25) is 0 Å². The van der Waals surface area contributed by atoms with Gasteiger partial charge in [0.2, 0.25) is 0 Å². The highest BCUT2D eigenvalue weighted by Crippen LogP contribution is 2.60. The van der Waals surface area contributed by atoms with Crippen molar-refractivity contribution in [2.24, 2.45) is 23.2 Å². The number of hydrogen-bond acceptors (Lipinski definition) is 2. The molecule has 0 spiro atoms. The van der Waals surface area contributed by atoms with Gasteiger partial charge in [0.05, 0.1) is 6.10 Å². The van der Waals surface area contributed by atoms with Crippen LogP contribution in [0.15, 0.2) is 0 Å². The van der Waals surface area contributed by atoms with Crippen LogP contribution < -0.4 is 0 Å². The van der Waals surface area contributed by atoms with Crippen molar-refractivity contribution in [1.82, 2.24) is 0 Å². The van der Waals surface area contributed by atoms with Gasteiger partial charge < -0.3 is 9.84 Å². The van der Waals surface area contributed by atoms with Gasteiger partial charge in [-0.1, -0.05) is 0 Å². The van der Waals surface area contributed by atoms with E-state index in [0.717, 1.165) is 17.8 Å². The van der Waals surface area contributed by atoms with Crippen molar-refractivity contribution >= 4 is 0 Å². The van der Waals surface area contributed by atoms with E-state index in [0.29, 0.717) is 18.1 Å². The molecule has 4 aliphatic carbocycles. The van der Waals surface area contributed by atoms with Gasteiger partial charge in [-0.15, -0.1) is 0 Å². The Balaban J connectivity index is 1.88. The maximum Gasteiger partial charge on any atom is 0.0628 e. The average Bonchev–Trinajstić information content (AvgIpc) is 2.17. The predicted molar refractivity (Wildman–Crippen MR) is 53.9 cm³/mol. The molecule has 0 aromatic carbocycles. The molecular formula is C12H20O2. The van der Waals surface area contributed by atoms with Crippen molar-refractivity contribution < 1.29 is 9.84 Å². The maximum absolute atomic E-state index is 9.55. The Morgan fingerprint density at radius 3 is 2.36 bits per heavy atom. The fourth-order valence-corrected chi connectivity index (χ4v) is 4.72. The second-order valence-corrected chi connectivity index (χ2v) is 5.83. The zero-order valence-corrected chi connectivity index (χ0v) is 8.91. The van der Waals surface area contributed by atoms with E-state index in [4.69, 9.17) is 4.74 Å². The number of aliphatic hydroxyl groups excluding tert-OH is 1. The van der Waals surface area contributed by atoms with E-state index in [9.17, 15) is 5.11 Å². The fraction of sp³-hybridized carbons (Fsp3) is 1.00. The van der Waals surface area contributed by atoms with Gasteiger partial charge in [-0.2, -0.15) is 0 Å². The Morgan fingerprint density at radius 2 is 1.86 bits per heavy atom. The summed E-state index contributed by atoms with van der Waals surface area (Å²) in [5, 5.41) is 9.55. The summed E-state index contributed by atoms with van der Waals surface area (Å²) >= 11 is 0. The standard InChI is InChI=1S/C12H20O2/c1-14-11-9-2-8-3-10(11)6-12(4-8,5-9)7-13/h8-11,13H,2-7H2,1H3. The summed E-state index contributed by atoms with van der Waals surface area (Å²) in [6.07, 6.45) is 6.94. The first-order valence-corrected chi connectivity index (χ1v) is 5.90. The summed E-state index contributed by atoms with van der Waals surface area (Å²) in [6.45, 7) is 0.410. The highest BCUT2D eigenvalue weighted by Gasteiger charge is 2.55. The second-order valence-electron chi connectivity index (χ2n) is 5.83. The Bertz CT molecular complexity index is 222. The predicted octanol–water partition coefficient (Wildman–Crippen LogP) is 1.82. The van der Waals surface area contributed by atoms with Crippen LogP contribution in [0.25, 0.3) is 0 Å². The zero-order valence-electron chi connectivity index (χ0n) is 8.91. The number of rotatable bonds is 2. The van der Waals surface area contributed by atoms with E-state index >= 15 is 0 Å². The molecule has 0 saturated heterocycles. The second kappa shape index (κ2) is 2.96. The van der Waals surface area contributed by atoms with Crippen LogP contribution in [0.1, 0.15) is 32.1 Å². The SMILES string of the molecule is COC1C2CC3CC1CC(CO)(C3)C2. The third-order valence-corrected chi connectivity index (χ3v) is 4.92. The molecule has 80 valence electrons. The lowest BCUT2D eigenvalue weighted by molar-refractivity contribution is -0.159. The lowest BCUT2D eigenvalue weighted by Crippen LogP contribution is -2.55. The molecule has 14 heavy (non-hydrogen) atoms. The molecule has 2 atom stereocenters. The van der Waals surface area contributed by atoms with E-state index < -0.39 is 0 Å². The number of methoxy groups -OCH3 is 1. The highest BCUT2D eigenvalue weighted by molar-refractivity contribution is 5.05. The molecule has 1 N–H and O–H groups in total. The summed E-state index contributed by atoms with van der Waals surface area (Å²) in [6, 6.07) is 0. The van der Waals surface area contributed by atoms with Gasteiger partial charge in [0.25, 0.3) is 0 Å². The van der Waals surface area contributed by atoms with Crippen LogP contribution >= 0.6 is 0 Å². The largest absolute Gasteiger partial charge is 0.396 e. The summed E-state index contributed by atoms with van der Waals surface area (Å²) in [5.74, 6) is 2.39. The minimum atomic E-state index is 0.297. The normalized spacial score (nSPS) is 55.3. The van der Waals surface area contributed by atoms with Crippen LogP contribution in [0.2, 0.25) is 0 Å². The Morgan fingerprint density at radius 1 is 1.21 bits per heavy atom. The third-order valence-electron chi connectivity index (χ3n) is 4.92. The molecule has 2 nitrogen and oxygen atoms in total. The van der Waals surface area contributed by atoms with Crippen LogP contribution in [0, 0.1) is 23.2 Å². The van der Waals surface area contributed by atoms with Crippen molar-refractivity contribution in [3.05, 3.63) is 0 Å². The summed E-state index contributed by atoms with van der Waals surface area (Å²) in [7, 11) is 1.86. The van der Waals surface area contributed by atoms with Gasteiger partial charge in [-0.25, -0.2) is 0 Å². The molecule has 4 saturated carbocycles. The summed E-state index contributed by atoms with van der Waals surface area (Å²) in [4.78, 5) is 0. The van der Waals surface area contributed by atoms with Crippen LogP contribution in [-0.4, -0.2) is 24.9 Å². The summed E-state index contributed by atoms with van der Waals surface area (Å²) in [5.41, 5.74) is 0.297. The lowest BCUT2D eigenvalue weighted by atomic mass is 9.49. The monoisotopic (exact) mass is 196 g/mol. The summed E-state index contributed by atoms with van der Waals surface area (Å²) < 4.78 is 5.63. The molecule has 4 aliphatic rings. The fourth-order valence-electron chi connectivity index (χ4n) is 4.72. The molecule has 0 amide bonds. The first-order valence-electron chi connectivity index (χ1n) is 5.90. The van der Waals surface area contributed by atoms with E-state index in [1.165, 1.54) is 32.1 Å². The first-order chi connectivity index (χ1) is 6.76. The number of aliphatic hydroxyl groups is 1. The smallest absolute Gasteiger partial charge is 0.0628 e. The zero-order chi connectivity index (χ0) is 9.76. The van der Waals surface area contributed by atoms with Crippen LogP contribution in [0.5, 0.6) is 0 Å². The van der Waals surface area contributed by atoms with Crippen LogP contribution in [0.4, 0.5) is 0 Å². The number of ether oxygens (including phenoxy) is 1. The third kappa shape index (κ3) is 1.10. The number of hydrogen-bond donors (Lipinski definition) is 1. The lowest BCUT2D eigenvalue weighted by Gasteiger charge is -2.59. The van der Waals surface area contributed by atoms with Gasteiger partial charge in [0.15, 0.2) is 0 Å². The molecule has 4 bridgehead atoms. The minimum absolute atomic E-state index is 0.297. The van der Waals surface area contributed by atoms with Crippen molar-refractivity contribution in [3.63, 3.8) is 0 Å².